The van der Waals surface area contributed by atoms with Gasteiger partial charge in [-0.3, -0.25) is 14.4 Å². The summed E-state index contributed by atoms with van der Waals surface area (Å²) in [6, 6.07) is -3.73. The molecular formula is C21H40N4O5S. The van der Waals surface area contributed by atoms with Gasteiger partial charge in [0.1, 0.15) is 18.1 Å². The summed E-state index contributed by atoms with van der Waals surface area (Å²) in [5.41, 5.74) is 5.93. The molecule has 6 N–H and O–H groups in total. The molecule has 5 atom stereocenters. The molecule has 0 rings (SSSR count). The van der Waals surface area contributed by atoms with Gasteiger partial charge >= 0.3 is 5.97 Å². The van der Waals surface area contributed by atoms with Crippen molar-refractivity contribution in [2.75, 3.05) is 5.75 Å². The van der Waals surface area contributed by atoms with Crippen molar-refractivity contribution in [3.63, 3.8) is 0 Å². The summed E-state index contributed by atoms with van der Waals surface area (Å²) >= 11 is 4.13. The van der Waals surface area contributed by atoms with Crippen molar-refractivity contribution in [3.8, 4) is 0 Å². The van der Waals surface area contributed by atoms with E-state index in [0.29, 0.717) is 12.8 Å². The minimum Gasteiger partial charge on any atom is -0.480 e. The molecule has 0 aromatic carbocycles. The molecule has 0 aliphatic carbocycles. The monoisotopic (exact) mass is 460 g/mol. The minimum atomic E-state index is -1.14. The van der Waals surface area contributed by atoms with E-state index in [2.05, 4.69) is 28.6 Å². The molecule has 0 fully saturated rings. The highest BCUT2D eigenvalue weighted by Gasteiger charge is 2.32. The average molecular weight is 461 g/mol. The molecule has 0 saturated heterocycles. The van der Waals surface area contributed by atoms with Gasteiger partial charge in [-0.05, 0) is 30.6 Å². The summed E-state index contributed by atoms with van der Waals surface area (Å²) in [5.74, 6) is -2.69. The maximum absolute atomic E-state index is 12.9. The summed E-state index contributed by atoms with van der Waals surface area (Å²) in [7, 11) is 0. The molecule has 0 radical (unpaired) electrons. The lowest BCUT2D eigenvalue weighted by atomic mass is 9.96. The zero-order valence-electron chi connectivity index (χ0n) is 19.5. The maximum atomic E-state index is 12.9. The topological polar surface area (TPSA) is 151 Å². The third kappa shape index (κ3) is 10.9. The minimum absolute atomic E-state index is 0.0281. The number of carbonyl (C=O) groups is 4. The van der Waals surface area contributed by atoms with Crippen LogP contribution in [0.5, 0.6) is 0 Å². The molecular weight excluding hydrogens is 420 g/mol. The molecule has 0 aliphatic rings. The Balaban J connectivity index is 5.28. The van der Waals surface area contributed by atoms with Crippen molar-refractivity contribution in [2.24, 2.45) is 23.5 Å². The second-order valence-electron chi connectivity index (χ2n) is 8.88. The molecule has 180 valence electrons. The van der Waals surface area contributed by atoms with Gasteiger partial charge in [0.2, 0.25) is 17.7 Å². The van der Waals surface area contributed by atoms with Crippen molar-refractivity contribution in [1.29, 1.82) is 0 Å². The van der Waals surface area contributed by atoms with Crippen molar-refractivity contribution in [3.05, 3.63) is 0 Å². The van der Waals surface area contributed by atoms with E-state index in [1.165, 1.54) is 0 Å². The Morgan fingerprint density at radius 1 is 0.839 bits per heavy atom. The Morgan fingerprint density at radius 3 is 1.77 bits per heavy atom. The smallest absolute Gasteiger partial charge is 0.326 e. The van der Waals surface area contributed by atoms with Crippen LogP contribution in [-0.2, 0) is 19.2 Å². The summed E-state index contributed by atoms with van der Waals surface area (Å²) in [6.07, 6.45) is 1.35. The first-order chi connectivity index (χ1) is 14.3. The van der Waals surface area contributed by atoms with E-state index in [-0.39, 0.29) is 29.9 Å². The molecule has 9 nitrogen and oxygen atoms in total. The van der Waals surface area contributed by atoms with Crippen LogP contribution in [0.3, 0.4) is 0 Å². The second-order valence-corrected chi connectivity index (χ2v) is 9.25. The normalized spacial score (nSPS) is 16.2. The van der Waals surface area contributed by atoms with E-state index < -0.39 is 47.9 Å². The Morgan fingerprint density at radius 2 is 1.35 bits per heavy atom. The van der Waals surface area contributed by atoms with E-state index >= 15 is 0 Å². The Hall–Kier alpha value is -1.81. The number of nitrogens with one attached hydrogen (secondary N) is 3. The number of amides is 3. The summed E-state index contributed by atoms with van der Waals surface area (Å²) in [4.78, 5) is 49.3. The number of nitrogens with two attached hydrogens (primary N) is 1. The number of carbonyl (C=O) groups excluding carboxylic acids is 3. The number of carboxylic acid groups (broad SMARTS) is 1. The van der Waals surface area contributed by atoms with Crippen LogP contribution in [0.1, 0.15) is 60.8 Å². The van der Waals surface area contributed by atoms with Gasteiger partial charge in [-0.15, -0.1) is 0 Å². The molecule has 0 heterocycles. The molecule has 0 aliphatic heterocycles. The van der Waals surface area contributed by atoms with Crippen LogP contribution in [-0.4, -0.2) is 58.7 Å². The van der Waals surface area contributed by atoms with Crippen LogP contribution in [0.2, 0.25) is 0 Å². The van der Waals surface area contributed by atoms with Crippen LogP contribution in [0.25, 0.3) is 0 Å². The first kappa shape index (κ1) is 29.2. The van der Waals surface area contributed by atoms with E-state index in [9.17, 15) is 24.3 Å². The van der Waals surface area contributed by atoms with E-state index in [0.717, 1.165) is 0 Å². The number of thiol groups is 1. The quantitative estimate of drug-likeness (QED) is 0.212. The molecule has 5 unspecified atom stereocenters. The fourth-order valence-corrected chi connectivity index (χ4v) is 3.26. The lowest BCUT2D eigenvalue weighted by Gasteiger charge is -2.28. The number of rotatable bonds is 14. The number of aliphatic carboxylic acids is 1. The van der Waals surface area contributed by atoms with Gasteiger partial charge in [0.05, 0.1) is 6.04 Å². The zero-order valence-corrected chi connectivity index (χ0v) is 20.4. The van der Waals surface area contributed by atoms with Gasteiger partial charge in [-0.1, -0.05) is 48.0 Å². The second kappa shape index (κ2) is 14.3. The first-order valence-electron chi connectivity index (χ1n) is 10.8. The first-order valence-corrected chi connectivity index (χ1v) is 11.5. The van der Waals surface area contributed by atoms with Crippen LogP contribution >= 0.6 is 12.6 Å². The fourth-order valence-electron chi connectivity index (χ4n) is 3.00. The summed E-state index contributed by atoms with van der Waals surface area (Å²) in [5, 5.41) is 17.1. The predicted octanol–water partition coefficient (Wildman–Crippen LogP) is 0.921. The molecule has 31 heavy (non-hydrogen) atoms. The number of hydrogen-bond acceptors (Lipinski definition) is 6. The summed E-state index contributed by atoms with van der Waals surface area (Å²) < 4.78 is 0. The average Bonchev–Trinajstić information content (AvgIpc) is 2.67. The van der Waals surface area contributed by atoms with Crippen molar-refractivity contribution < 1.29 is 24.3 Å². The third-order valence-corrected chi connectivity index (χ3v) is 5.36. The fraction of sp³-hybridized carbons (Fsp3) is 0.810. The van der Waals surface area contributed by atoms with Gasteiger partial charge in [0.15, 0.2) is 0 Å². The van der Waals surface area contributed by atoms with Gasteiger partial charge < -0.3 is 26.8 Å². The maximum Gasteiger partial charge on any atom is 0.326 e. The van der Waals surface area contributed by atoms with Gasteiger partial charge in [-0.25, -0.2) is 4.79 Å². The highest BCUT2D eigenvalue weighted by Crippen LogP contribution is 2.11. The lowest BCUT2D eigenvalue weighted by Crippen LogP contribution is -2.59. The highest BCUT2D eigenvalue weighted by atomic mass is 32.1. The predicted molar refractivity (Wildman–Crippen MR) is 124 cm³/mol. The Kier molecular flexibility index (Phi) is 13.5. The molecule has 0 aromatic rings. The van der Waals surface area contributed by atoms with Crippen molar-refractivity contribution in [2.45, 2.75) is 85.0 Å². The lowest BCUT2D eigenvalue weighted by molar-refractivity contribution is -0.142. The van der Waals surface area contributed by atoms with Crippen LogP contribution in [0.4, 0.5) is 0 Å². The van der Waals surface area contributed by atoms with Crippen molar-refractivity contribution in [1.82, 2.24) is 16.0 Å². The molecule has 10 heteroatoms. The molecule has 3 amide bonds. The van der Waals surface area contributed by atoms with Crippen LogP contribution in [0, 0.1) is 17.8 Å². The largest absolute Gasteiger partial charge is 0.480 e. The third-order valence-electron chi connectivity index (χ3n) is 4.99. The van der Waals surface area contributed by atoms with E-state index in [1.807, 2.05) is 41.5 Å². The zero-order chi connectivity index (χ0) is 24.3. The Labute approximate surface area is 191 Å². The van der Waals surface area contributed by atoms with Crippen molar-refractivity contribution >= 4 is 36.3 Å². The SMILES string of the molecule is CCC(C)C(NC(=O)C(N)CC(C)C)C(=O)NC(CS)C(=O)NC(CC(C)C)C(=O)O. The highest BCUT2D eigenvalue weighted by molar-refractivity contribution is 7.80. The standard InChI is InChI=1S/C21H40N4O5S/c1-7-13(6)17(25-18(26)14(22)8-11(2)3)20(28)24-16(10-31)19(27)23-15(21(29)30)9-12(4)5/h11-17,31H,7-10,22H2,1-6H3,(H,23,27)(H,24,28)(H,25,26)(H,29,30). The molecule has 0 bridgehead atoms. The number of carboxylic acids is 1. The Bertz CT molecular complexity index is 615. The summed E-state index contributed by atoms with van der Waals surface area (Å²) in [6.45, 7) is 11.3. The molecule has 0 aromatic heterocycles. The van der Waals surface area contributed by atoms with E-state index in [4.69, 9.17) is 5.73 Å². The van der Waals surface area contributed by atoms with Crippen LogP contribution < -0.4 is 21.7 Å². The van der Waals surface area contributed by atoms with Gasteiger partial charge in [0, 0.05) is 5.75 Å². The van der Waals surface area contributed by atoms with Gasteiger partial charge in [0.25, 0.3) is 0 Å². The van der Waals surface area contributed by atoms with Gasteiger partial charge in [-0.2, -0.15) is 12.6 Å². The number of hydrogen-bond donors (Lipinski definition) is 6. The molecule has 0 spiro atoms. The molecule has 0 saturated carbocycles. The van der Waals surface area contributed by atoms with E-state index in [1.54, 1.807) is 0 Å². The van der Waals surface area contributed by atoms with Crippen LogP contribution in [0.15, 0.2) is 0 Å².